The van der Waals surface area contributed by atoms with Gasteiger partial charge in [-0.15, -0.1) is 0 Å². The molecule has 1 aromatic heterocycles. The van der Waals surface area contributed by atoms with Crippen molar-refractivity contribution in [1.82, 2.24) is 4.98 Å². The Bertz CT molecular complexity index is 614. The lowest BCUT2D eigenvalue weighted by atomic mass is 10.1. The van der Waals surface area contributed by atoms with Gasteiger partial charge in [0, 0.05) is 36.0 Å². The van der Waals surface area contributed by atoms with E-state index in [1.165, 1.54) is 12.1 Å². The predicted molar refractivity (Wildman–Crippen MR) is 80.0 cm³/mol. The van der Waals surface area contributed by atoms with E-state index in [1.807, 2.05) is 6.07 Å². The number of anilines is 1. The molecule has 1 saturated heterocycles. The van der Waals surface area contributed by atoms with Crippen LogP contribution in [-0.4, -0.2) is 37.0 Å². The van der Waals surface area contributed by atoms with E-state index in [4.69, 9.17) is 9.47 Å². The number of halogens is 1. The van der Waals surface area contributed by atoms with Gasteiger partial charge in [-0.25, -0.2) is 4.39 Å². The Balaban J connectivity index is 1.66. The molecule has 0 spiro atoms. The zero-order chi connectivity index (χ0) is 14.7. The summed E-state index contributed by atoms with van der Waals surface area (Å²) in [6.07, 6.45) is 2.85. The van der Waals surface area contributed by atoms with Crippen molar-refractivity contribution < 1.29 is 13.9 Å². The molecule has 2 aromatic rings. The Labute approximate surface area is 123 Å². The molecule has 5 heteroatoms. The first-order chi connectivity index (χ1) is 10.2. The number of aromatic nitrogens is 1. The normalized spacial score (nSPS) is 19.8. The first-order valence-electron chi connectivity index (χ1n) is 7.22. The van der Waals surface area contributed by atoms with Crippen LogP contribution in [0.1, 0.15) is 13.3 Å². The summed E-state index contributed by atoms with van der Waals surface area (Å²) in [7, 11) is 0. The van der Waals surface area contributed by atoms with Gasteiger partial charge in [-0.05, 0) is 31.5 Å². The maximum Gasteiger partial charge on any atom is 0.125 e. The van der Waals surface area contributed by atoms with Crippen LogP contribution in [0, 0.1) is 5.82 Å². The van der Waals surface area contributed by atoms with Crippen LogP contribution in [0.2, 0.25) is 0 Å². The zero-order valence-corrected chi connectivity index (χ0v) is 12.0. The number of pyridine rings is 1. The molecule has 2 heterocycles. The second-order valence-electron chi connectivity index (χ2n) is 5.38. The van der Waals surface area contributed by atoms with Crippen LogP contribution in [0.5, 0.6) is 0 Å². The summed E-state index contributed by atoms with van der Waals surface area (Å²) in [5.41, 5.74) is 1.59. The average molecular weight is 290 g/mol. The molecule has 0 saturated carbocycles. The standard InChI is InChI=1S/C16H19FN2O2/c1-11(9-21-13-5-7-20-10-13)19-15-4-6-18-16-8-12(17)2-3-14(15)16/h2-4,6,8,11,13H,5,7,9-10H2,1H3,(H,18,19). The van der Waals surface area contributed by atoms with Crippen LogP contribution in [-0.2, 0) is 9.47 Å². The largest absolute Gasteiger partial charge is 0.380 e. The Morgan fingerprint density at radius 2 is 2.38 bits per heavy atom. The fourth-order valence-corrected chi connectivity index (χ4v) is 2.48. The van der Waals surface area contributed by atoms with E-state index in [9.17, 15) is 4.39 Å². The molecular weight excluding hydrogens is 271 g/mol. The van der Waals surface area contributed by atoms with Crippen molar-refractivity contribution in [2.24, 2.45) is 0 Å². The molecule has 112 valence electrons. The minimum atomic E-state index is -0.273. The quantitative estimate of drug-likeness (QED) is 0.919. The maximum atomic E-state index is 13.2. The third-order valence-electron chi connectivity index (χ3n) is 3.58. The van der Waals surface area contributed by atoms with Gasteiger partial charge in [0.1, 0.15) is 5.82 Å². The van der Waals surface area contributed by atoms with Gasteiger partial charge in [-0.1, -0.05) is 0 Å². The fourth-order valence-electron chi connectivity index (χ4n) is 2.48. The molecule has 1 N–H and O–H groups in total. The lowest BCUT2D eigenvalue weighted by Gasteiger charge is -2.19. The Hall–Kier alpha value is -1.72. The van der Waals surface area contributed by atoms with Gasteiger partial charge in [0.05, 0.1) is 24.8 Å². The minimum Gasteiger partial charge on any atom is -0.380 e. The molecule has 3 rings (SSSR count). The van der Waals surface area contributed by atoms with Crippen molar-refractivity contribution in [2.75, 3.05) is 25.1 Å². The number of hydrogen-bond acceptors (Lipinski definition) is 4. The molecule has 0 bridgehead atoms. The van der Waals surface area contributed by atoms with E-state index in [1.54, 1.807) is 12.3 Å². The Kier molecular flexibility index (Phi) is 4.31. The van der Waals surface area contributed by atoms with Crippen LogP contribution in [0.15, 0.2) is 30.5 Å². The van der Waals surface area contributed by atoms with Crippen LogP contribution < -0.4 is 5.32 Å². The molecule has 0 amide bonds. The highest BCUT2D eigenvalue weighted by molar-refractivity contribution is 5.91. The average Bonchev–Trinajstić information content (AvgIpc) is 2.98. The lowest BCUT2D eigenvalue weighted by Crippen LogP contribution is -2.26. The number of rotatable bonds is 5. The summed E-state index contributed by atoms with van der Waals surface area (Å²) in [6.45, 7) is 4.14. The second kappa shape index (κ2) is 6.37. The number of fused-ring (bicyclic) bond motifs is 1. The highest BCUT2D eigenvalue weighted by Gasteiger charge is 2.17. The first-order valence-corrected chi connectivity index (χ1v) is 7.22. The van der Waals surface area contributed by atoms with Gasteiger partial charge >= 0.3 is 0 Å². The molecule has 2 unspecified atom stereocenters. The van der Waals surface area contributed by atoms with Crippen molar-refractivity contribution in [2.45, 2.75) is 25.5 Å². The van der Waals surface area contributed by atoms with Crippen molar-refractivity contribution in [1.29, 1.82) is 0 Å². The summed E-state index contributed by atoms with van der Waals surface area (Å²) in [5.74, 6) is -0.273. The van der Waals surface area contributed by atoms with Crippen molar-refractivity contribution in [3.63, 3.8) is 0 Å². The molecular formula is C16H19FN2O2. The predicted octanol–water partition coefficient (Wildman–Crippen LogP) is 2.98. The molecule has 1 aromatic carbocycles. The molecule has 2 atom stereocenters. The molecule has 4 nitrogen and oxygen atoms in total. The third-order valence-corrected chi connectivity index (χ3v) is 3.58. The van der Waals surface area contributed by atoms with E-state index in [0.29, 0.717) is 18.7 Å². The minimum absolute atomic E-state index is 0.154. The van der Waals surface area contributed by atoms with Crippen LogP contribution in [0.25, 0.3) is 10.9 Å². The first kappa shape index (κ1) is 14.2. The van der Waals surface area contributed by atoms with Gasteiger partial charge < -0.3 is 14.8 Å². The van der Waals surface area contributed by atoms with Gasteiger partial charge in [-0.3, -0.25) is 4.98 Å². The van der Waals surface area contributed by atoms with Crippen molar-refractivity contribution >= 4 is 16.6 Å². The van der Waals surface area contributed by atoms with Gasteiger partial charge in [-0.2, -0.15) is 0 Å². The number of nitrogens with zero attached hydrogens (tertiary/aromatic N) is 1. The summed E-state index contributed by atoms with van der Waals surface area (Å²) in [5, 5.41) is 4.31. The summed E-state index contributed by atoms with van der Waals surface area (Å²) < 4.78 is 24.3. The molecule has 0 aliphatic carbocycles. The molecule has 1 fully saturated rings. The number of nitrogens with one attached hydrogen (secondary N) is 1. The zero-order valence-electron chi connectivity index (χ0n) is 12.0. The van der Waals surface area contributed by atoms with E-state index in [0.717, 1.165) is 24.1 Å². The molecule has 1 aliphatic rings. The fraction of sp³-hybridized carbons (Fsp3) is 0.438. The van der Waals surface area contributed by atoms with E-state index in [-0.39, 0.29) is 18.0 Å². The highest BCUT2D eigenvalue weighted by atomic mass is 19.1. The van der Waals surface area contributed by atoms with Crippen LogP contribution >= 0.6 is 0 Å². The van der Waals surface area contributed by atoms with E-state index in [2.05, 4.69) is 17.2 Å². The van der Waals surface area contributed by atoms with Gasteiger partial charge in [0.25, 0.3) is 0 Å². The Morgan fingerprint density at radius 1 is 1.48 bits per heavy atom. The van der Waals surface area contributed by atoms with E-state index < -0.39 is 0 Å². The number of benzene rings is 1. The van der Waals surface area contributed by atoms with Crippen molar-refractivity contribution in [3.8, 4) is 0 Å². The van der Waals surface area contributed by atoms with E-state index >= 15 is 0 Å². The number of ether oxygens (including phenoxy) is 2. The maximum absolute atomic E-state index is 13.2. The monoisotopic (exact) mass is 290 g/mol. The topological polar surface area (TPSA) is 43.4 Å². The molecule has 21 heavy (non-hydrogen) atoms. The summed E-state index contributed by atoms with van der Waals surface area (Å²) in [6, 6.07) is 6.69. The van der Waals surface area contributed by atoms with Crippen LogP contribution in [0.3, 0.4) is 0 Å². The highest BCUT2D eigenvalue weighted by Crippen LogP contribution is 2.23. The SMILES string of the molecule is CC(COC1CCOC1)Nc1ccnc2cc(F)ccc12. The molecule has 1 aliphatic heterocycles. The summed E-state index contributed by atoms with van der Waals surface area (Å²) in [4.78, 5) is 4.19. The summed E-state index contributed by atoms with van der Waals surface area (Å²) >= 11 is 0. The molecule has 0 radical (unpaired) electrons. The van der Waals surface area contributed by atoms with Gasteiger partial charge in [0.2, 0.25) is 0 Å². The van der Waals surface area contributed by atoms with Crippen LogP contribution in [0.4, 0.5) is 10.1 Å². The van der Waals surface area contributed by atoms with Crippen molar-refractivity contribution in [3.05, 3.63) is 36.3 Å². The smallest absolute Gasteiger partial charge is 0.125 e. The number of hydrogen-bond donors (Lipinski definition) is 1. The lowest BCUT2D eigenvalue weighted by molar-refractivity contribution is 0.0395. The second-order valence-corrected chi connectivity index (χ2v) is 5.38. The van der Waals surface area contributed by atoms with Gasteiger partial charge in [0.15, 0.2) is 0 Å². The Morgan fingerprint density at radius 3 is 3.19 bits per heavy atom. The third kappa shape index (κ3) is 3.49.